The number of carbonyl (C=O) groups is 2. The van der Waals surface area contributed by atoms with Gasteiger partial charge in [-0.3, -0.25) is 10.1 Å². The van der Waals surface area contributed by atoms with Gasteiger partial charge in [0.25, 0.3) is 0 Å². The number of carbonyl (C=O) groups excluding carboxylic acids is 2. The van der Waals surface area contributed by atoms with Crippen molar-refractivity contribution < 1.29 is 18.4 Å². The highest BCUT2D eigenvalue weighted by Crippen LogP contribution is 2.35. The van der Waals surface area contributed by atoms with Gasteiger partial charge in [-0.25, -0.2) is 13.6 Å². The Hall–Kier alpha value is -2.41. The molecule has 0 fully saturated rings. The van der Waals surface area contributed by atoms with Crippen LogP contribution < -0.4 is 10.6 Å². The molecule has 126 valence electrons. The Morgan fingerprint density at radius 3 is 2.42 bits per heavy atom. The third-order valence-corrected chi connectivity index (χ3v) is 4.31. The maximum absolute atomic E-state index is 13.4. The molecular formula is C17H16F2N2O2S. The first-order valence-corrected chi connectivity index (χ1v) is 8.14. The number of amides is 3. The summed E-state index contributed by atoms with van der Waals surface area (Å²) >= 11 is 1.03. The zero-order valence-electron chi connectivity index (χ0n) is 12.9. The third-order valence-electron chi connectivity index (χ3n) is 3.06. The van der Waals surface area contributed by atoms with Crippen LogP contribution in [0.2, 0.25) is 0 Å². The number of urea groups is 1. The molecule has 0 heterocycles. The summed E-state index contributed by atoms with van der Waals surface area (Å²) in [6.07, 6.45) is 0. The average Bonchev–Trinajstić information content (AvgIpc) is 2.56. The van der Waals surface area contributed by atoms with Gasteiger partial charge in [-0.05, 0) is 30.7 Å². The summed E-state index contributed by atoms with van der Waals surface area (Å²) < 4.78 is 26.4. The van der Waals surface area contributed by atoms with E-state index in [1.54, 1.807) is 37.3 Å². The fourth-order valence-corrected chi connectivity index (χ4v) is 3.02. The van der Waals surface area contributed by atoms with Crippen LogP contribution in [-0.4, -0.2) is 18.5 Å². The van der Waals surface area contributed by atoms with Gasteiger partial charge in [-0.2, -0.15) is 0 Å². The lowest BCUT2D eigenvalue weighted by Crippen LogP contribution is -2.41. The lowest BCUT2D eigenvalue weighted by atomic mass is 10.1. The molecule has 3 amide bonds. The Morgan fingerprint density at radius 2 is 1.79 bits per heavy atom. The molecule has 2 rings (SSSR count). The van der Waals surface area contributed by atoms with Crippen molar-refractivity contribution in [1.82, 2.24) is 10.6 Å². The molecular weight excluding hydrogens is 334 g/mol. The van der Waals surface area contributed by atoms with Crippen molar-refractivity contribution in [3.63, 3.8) is 0 Å². The van der Waals surface area contributed by atoms with Crippen LogP contribution in [0.25, 0.3) is 0 Å². The molecule has 7 heteroatoms. The second-order valence-electron chi connectivity index (χ2n) is 4.83. The normalized spacial score (nSPS) is 11.6. The maximum Gasteiger partial charge on any atom is 0.321 e. The van der Waals surface area contributed by atoms with Crippen LogP contribution in [-0.2, 0) is 4.79 Å². The Morgan fingerprint density at radius 1 is 1.08 bits per heavy atom. The summed E-state index contributed by atoms with van der Waals surface area (Å²) in [5.74, 6) is -2.49. The quantitative estimate of drug-likeness (QED) is 0.810. The van der Waals surface area contributed by atoms with Crippen LogP contribution in [0, 0.1) is 11.6 Å². The summed E-state index contributed by atoms with van der Waals surface area (Å²) in [6, 6.07) is 11.6. The molecule has 24 heavy (non-hydrogen) atoms. The fraction of sp³-hybridized carbons (Fsp3) is 0.176. The van der Waals surface area contributed by atoms with Crippen molar-refractivity contribution in [1.29, 1.82) is 0 Å². The zero-order chi connectivity index (χ0) is 17.5. The lowest BCUT2D eigenvalue weighted by Gasteiger charge is -2.16. The van der Waals surface area contributed by atoms with Gasteiger partial charge >= 0.3 is 6.03 Å². The topological polar surface area (TPSA) is 58.2 Å². The van der Waals surface area contributed by atoms with E-state index in [0.717, 1.165) is 23.9 Å². The number of imide groups is 1. The van der Waals surface area contributed by atoms with E-state index in [4.69, 9.17) is 0 Å². The van der Waals surface area contributed by atoms with Crippen molar-refractivity contribution >= 4 is 23.7 Å². The smallest absolute Gasteiger partial charge is 0.321 e. The van der Waals surface area contributed by atoms with E-state index in [0.29, 0.717) is 17.0 Å². The second-order valence-corrected chi connectivity index (χ2v) is 6.01. The fourth-order valence-electron chi connectivity index (χ4n) is 1.97. The largest absolute Gasteiger partial charge is 0.338 e. The molecule has 2 aromatic carbocycles. The number of thioether (sulfide) groups is 1. The molecule has 0 saturated heterocycles. The minimum atomic E-state index is -0.990. The molecule has 0 radical (unpaired) electrons. The number of benzene rings is 2. The lowest BCUT2D eigenvalue weighted by molar-refractivity contribution is -0.119. The molecule has 0 aliphatic carbocycles. The van der Waals surface area contributed by atoms with Gasteiger partial charge in [0.2, 0.25) is 5.91 Å². The van der Waals surface area contributed by atoms with E-state index in [-0.39, 0.29) is 0 Å². The Labute approximate surface area is 142 Å². The Balaban J connectivity index is 2.24. The summed E-state index contributed by atoms with van der Waals surface area (Å²) in [4.78, 5) is 24.4. The van der Waals surface area contributed by atoms with E-state index >= 15 is 0 Å². The van der Waals surface area contributed by atoms with Crippen molar-refractivity contribution in [3.8, 4) is 0 Å². The Bertz CT molecular complexity index is 726. The predicted octanol–water partition coefficient (Wildman–Crippen LogP) is 3.64. The molecule has 0 saturated carbocycles. The molecule has 2 N–H and O–H groups in total. The van der Waals surface area contributed by atoms with Gasteiger partial charge in [-0.1, -0.05) is 30.3 Å². The molecule has 0 aliphatic rings. The first kappa shape index (κ1) is 17.9. The highest BCUT2D eigenvalue weighted by atomic mass is 32.2. The van der Waals surface area contributed by atoms with Gasteiger partial charge < -0.3 is 5.32 Å². The van der Waals surface area contributed by atoms with E-state index in [2.05, 4.69) is 10.6 Å². The summed E-state index contributed by atoms with van der Waals surface area (Å²) in [5.41, 5.74) is 0.647. The monoisotopic (exact) mass is 350 g/mol. The van der Waals surface area contributed by atoms with Crippen LogP contribution in [0.4, 0.5) is 13.6 Å². The number of hydrogen-bond donors (Lipinski definition) is 2. The maximum atomic E-state index is 13.4. The summed E-state index contributed by atoms with van der Waals surface area (Å²) in [7, 11) is 0. The van der Waals surface area contributed by atoms with Gasteiger partial charge in [0.05, 0.1) is 0 Å². The van der Waals surface area contributed by atoms with Crippen molar-refractivity contribution in [2.75, 3.05) is 6.54 Å². The SMILES string of the molecule is CCNC(=O)NC(=O)[C@@H](Sc1ccc(F)c(F)c1)c1ccccc1. The van der Waals surface area contributed by atoms with E-state index < -0.39 is 28.8 Å². The minimum Gasteiger partial charge on any atom is -0.338 e. The number of rotatable bonds is 5. The molecule has 0 aliphatic heterocycles. The van der Waals surface area contributed by atoms with Gasteiger partial charge in [0.15, 0.2) is 11.6 Å². The standard InChI is InChI=1S/C17H16F2N2O2S/c1-2-20-17(23)21-16(22)15(11-6-4-3-5-7-11)24-12-8-9-13(18)14(19)10-12/h3-10,15H,2H2,1H3,(H2,20,21,22,23)/t15-/m0/s1. The summed E-state index contributed by atoms with van der Waals surface area (Å²) in [5, 5.41) is 3.94. The van der Waals surface area contributed by atoms with Crippen molar-refractivity contribution in [3.05, 3.63) is 65.7 Å². The molecule has 2 aromatic rings. The van der Waals surface area contributed by atoms with Crippen molar-refractivity contribution in [2.45, 2.75) is 17.1 Å². The number of nitrogens with one attached hydrogen (secondary N) is 2. The first-order chi connectivity index (χ1) is 11.5. The highest BCUT2D eigenvalue weighted by molar-refractivity contribution is 8.00. The van der Waals surface area contributed by atoms with Crippen LogP contribution in [0.1, 0.15) is 17.7 Å². The van der Waals surface area contributed by atoms with E-state index in [1.165, 1.54) is 6.07 Å². The Kier molecular flexibility index (Phi) is 6.31. The molecule has 0 unspecified atom stereocenters. The first-order valence-electron chi connectivity index (χ1n) is 7.26. The molecule has 0 bridgehead atoms. The van der Waals surface area contributed by atoms with Gasteiger partial charge in [0.1, 0.15) is 5.25 Å². The van der Waals surface area contributed by atoms with E-state index in [9.17, 15) is 18.4 Å². The van der Waals surface area contributed by atoms with Crippen LogP contribution in [0.15, 0.2) is 53.4 Å². The van der Waals surface area contributed by atoms with Gasteiger partial charge in [0, 0.05) is 11.4 Å². The predicted molar refractivity (Wildman–Crippen MR) is 88.6 cm³/mol. The second kappa shape index (κ2) is 8.44. The summed E-state index contributed by atoms with van der Waals surface area (Å²) in [6.45, 7) is 2.11. The van der Waals surface area contributed by atoms with Crippen LogP contribution in [0.3, 0.4) is 0 Å². The average molecular weight is 350 g/mol. The van der Waals surface area contributed by atoms with Crippen LogP contribution in [0.5, 0.6) is 0 Å². The third kappa shape index (κ3) is 4.79. The van der Waals surface area contributed by atoms with Gasteiger partial charge in [-0.15, -0.1) is 11.8 Å². The zero-order valence-corrected chi connectivity index (χ0v) is 13.7. The van der Waals surface area contributed by atoms with Crippen LogP contribution >= 0.6 is 11.8 Å². The molecule has 1 atom stereocenters. The molecule has 4 nitrogen and oxygen atoms in total. The van der Waals surface area contributed by atoms with E-state index in [1.807, 2.05) is 0 Å². The number of halogens is 2. The molecule has 0 aromatic heterocycles. The molecule has 0 spiro atoms. The minimum absolute atomic E-state index is 0.380. The highest BCUT2D eigenvalue weighted by Gasteiger charge is 2.24. The number of hydrogen-bond acceptors (Lipinski definition) is 3. The van der Waals surface area contributed by atoms with Crippen molar-refractivity contribution in [2.24, 2.45) is 0 Å².